The lowest BCUT2D eigenvalue weighted by Crippen LogP contribution is -2.51. The Labute approximate surface area is 159 Å². The van der Waals surface area contributed by atoms with Crippen molar-refractivity contribution in [2.45, 2.75) is 38.1 Å². The number of fused-ring (bicyclic) bond motifs is 1. The lowest BCUT2D eigenvalue weighted by Gasteiger charge is -2.44. The van der Waals surface area contributed by atoms with Gasteiger partial charge in [-0.05, 0) is 69.0 Å². The van der Waals surface area contributed by atoms with Gasteiger partial charge >= 0.3 is 0 Å². The minimum absolute atomic E-state index is 0.116. The molecule has 0 spiro atoms. The van der Waals surface area contributed by atoms with Crippen LogP contribution in [0.25, 0.3) is 11.3 Å². The zero-order chi connectivity index (χ0) is 18.6. The molecule has 2 aromatic rings. The molecule has 3 heterocycles. The van der Waals surface area contributed by atoms with Gasteiger partial charge in [0.1, 0.15) is 11.3 Å². The van der Waals surface area contributed by atoms with Crippen LogP contribution < -0.4 is 10.1 Å². The van der Waals surface area contributed by atoms with Gasteiger partial charge in [0.05, 0.1) is 13.3 Å². The van der Waals surface area contributed by atoms with Crippen LogP contribution in [0.1, 0.15) is 42.5 Å². The molecule has 2 atom stereocenters. The van der Waals surface area contributed by atoms with E-state index in [4.69, 9.17) is 9.26 Å². The van der Waals surface area contributed by atoms with Crippen LogP contribution in [0.2, 0.25) is 0 Å². The van der Waals surface area contributed by atoms with E-state index in [1.54, 1.807) is 7.11 Å². The highest BCUT2D eigenvalue weighted by Crippen LogP contribution is 2.31. The number of hydrogen-bond donors (Lipinski definition) is 1. The number of methoxy groups -OCH3 is 1. The molecule has 2 saturated heterocycles. The van der Waals surface area contributed by atoms with Crippen LogP contribution in [0, 0.1) is 5.92 Å². The van der Waals surface area contributed by atoms with Crippen LogP contribution in [0.4, 0.5) is 0 Å². The number of nitrogens with one attached hydrogen (secondary N) is 1. The number of hydrogen-bond acceptors (Lipinski definition) is 5. The van der Waals surface area contributed by atoms with Gasteiger partial charge in [0, 0.05) is 18.2 Å². The number of carbonyl (C=O) groups is 1. The Morgan fingerprint density at radius 3 is 2.85 bits per heavy atom. The van der Waals surface area contributed by atoms with E-state index in [2.05, 4.69) is 15.4 Å². The smallest absolute Gasteiger partial charge is 0.256 e. The van der Waals surface area contributed by atoms with Crippen LogP contribution in [0.3, 0.4) is 0 Å². The molecule has 2 aliphatic heterocycles. The Hall–Kier alpha value is -2.34. The molecule has 144 valence electrons. The van der Waals surface area contributed by atoms with Gasteiger partial charge in [-0.15, -0.1) is 0 Å². The third-order valence-corrected chi connectivity index (χ3v) is 5.92. The van der Waals surface area contributed by atoms with E-state index < -0.39 is 0 Å². The van der Waals surface area contributed by atoms with Gasteiger partial charge in [-0.2, -0.15) is 0 Å². The molecule has 1 aromatic carbocycles. The largest absolute Gasteiger partial charge is 0.497 e. The molecule has 0 aliphatic carbocycles. The Balaban J connectivity index is 1.42. The predicted molar refractivity (Wildman–Crippen MR) is 103 cm³/mol. The molecule has 27 heavy (non-hydrogen) atoms. The molecule has 6 heteroatoms. The summed E-state index contributed by atoms with van der Waals surface area (Å²) in [4.78, 5) is 15.4. The van der Waals surface area contributed by atoms with E-state index in [1.807, 2.05) is 24.3 Å². The second kappa shape index (κ2) is 8.13. The van der Waals surface area contributed by atoms with E-state index in [0.717, 1.165) is 11.3 Å². The van der Waals surface area contributed by atoms with E-state index in [1.165, 1.54) is 51.4 Å². The molecule has 1 N–H and O–H groups in total. The molecule has 0 radical (unpaired) electrons. The van der Waals surface area contributed by atoms with Crippen LogP contribution in [-0.4, -0.2) is 48.7 Å². The average Bonchev–Trinajstić information content (AvgIpc) is 3.22. The fraction of sp³-hybridized carbons (Fsp3) is 0.524. The number of piperidine rings is 2. The van der Waals surface area contributed by atoms with Crippen molar-refractivity contribution >= 4 is 5.91 Å². The first-order valence-electron chi connectivity index (χ1n) is 9.87. The number of nitrogens with zero attached hydrogens (tertiary/aromatic N) is 2. The van der Waals surface area contributed by atoms with Crippen molar-refractivity contribution in [2.24, 2.45) is 5.92 Å². The first kappa shape index (κ1) is 18.0. The summed E-state index contributed by atoms with van der Waals surface area (Å²) in [5.74, 6) is 1.68. The second-order valence-corrected chi connectivity index (χ2v) is 7.51. The van der Waals surface area contributed by atoms with Crippen LogP contribution >= 0.6 is 0 Å². The molecule has 0 bridgehead atoms. The molecule has 4 rings (SSSR count). The molecule has 1 amide bonds. The zero-order valence-electron chi connectivity index (χ0n) is 15.8. The van der Waals surface area contributed by atoms with Crippen molar-refractivity contribution in [1.82, 2.24) is 15.4 Å². The lowest BCUT2D eigenvalue weighted by molar-refractivity contribution is 0.0575. The van der Waals surface area contributed by atoms with Gasteiger partial charge in [0.15, 0.2) is 5.76 Å². The van der Waals surface area contributed by atoms with Crippen LogP contribution in [-0.2, 0) is 0 Å². The first-order valence-corrected chi connectivity index (χ1v) is 9.87. The zero-order valence-corrected chi connectivity index (χ0v) is 15.8. The second-order valence-electron chi connectivity index (χ2n) is 7.51. The van der Waals surface area contributed by atoms with Crippen LogP contribution in [0.15, 0.2) is 35.0 Å². The maximum absolute atomic E-state index is 12.8. The van der Waals surface area contributed by atoms with Gasteiger partial charge < -0.3 is 19.5 Å². The molecular formula is C21H27N3O3. The highest BCUT2D eigenvalue weighted by atomic mass is 16.5. The first-order chi connectivity index (χ1) is 13.3. The Kier molecular flexibility index (Phi) is 5.43. The Morgan fingerprint density at radius 2 is 2.04 bits per heavy atom. The Morgan fingerprint density at radius 1 is 1.22 bits per heavy atom. The summed E-state index contributed by atoms with van der Waals surface area (Å²) >= 11 is 0. The number of amides is 1. The van der Waals surface area contributed by atoms with Crippen molar-refractivity contribution in [2.75, 3.05) is 26.7 Å². The summed E-state index contributed by atoms with van der Waals surface area (Å²) in [7, 11) is 1.63. The summed E-state index contributed by atoms with van der Waals surface area (Å²) in [5, 5.41) is 6.98. The number of benzene rings is 1. The highest BCUT2D eigenvalue weighted by Gasteiger charge is 2.33. The molecule has 6 nitrogen and oxygen atoms in total. The third kappa shape index (κ3) is 3.86. The minimum Gasteiger partial charge on any atom is -0.497 e. The lowest BCUT2D eigenvalue weighted by atomic mass is 9.83. The van der Waals surface area contributed by atoms with Crippen LogP contribution in [0.5, 0.6) is 5.75 Å². The number of rotatable bonds is 5. The summed E-state index contributed by atoms with van der Waals surface area (Å²) in [6.07, 6.45) is 7.78. The van der Waals surface area contributed by atoms with Gasteiger partial charge in [0.25, 0.3) is 5.91 Å². The normalized spacial score (nSPS) is 22.9. The monoisotopic (exact) mass is 369 g/mol. The SMILES string of the molecule is COc1ccc(-c2oncc2C(=O)NC[C@@H]2CCCN3CCCC[C@H]23)cc1. The van der Waals surface area contributed by atoms with Gasteiger partial charge in [-0.25, -0.2) is 0 Å². The summed E-state index contributed by atoms with van der Waals surface area (Å²) in [5.41, 5.74) is 1.30. The van der Waals surface area contributed by atoms with E-state index in [9.17, 15) is 4.79 Å². The van der Waals surface area contributed by atoms with Crippen molar-refractivity contribution in [3.05, 3.63) is 36.0 Å². The predicted octanol–water partition coefficient (Wildman–Crippen LogP) is 3.34. The molecule has 0 saturated carbocycles. The third-order valence-electron chi connectivity index (χ3n) is 5.92. The fourth-order valence-corrected chi connectivity index (χ4v) is 4.49. The Bertz CT molecular complexity index is 769. The maximum Gasteiger partial charge on any atom is 0.256 e. The topological polar surface area (TPSA) is 67.6 Å². The van der Waals surface area contributed by atoms with Gasteiger partial charge in [-0.3, -0.25) is 4.79 Å². The van der Waals surface area contributed by atoms with Gasteiger partial charge in [-0.1, -0.05) is 11.6 Å². The van der Waals surface area contributed by atoms with Gasteiger partial charge in [0.2, 0.25) is 0 Å². The highest BCUT2D eigenvalue weighted by molar-refractivity contribution is 5.99. The molecule has 1 aromatic heterocycles. The molecule has 0 unspecified atom stereocenters. The quantitative estimate of drug-likeness (QED) is 0.875. The number of ether oxygens (including phenoxy) is 1. The van der Waals surface area contributed by atoms with E-state index >= 15 is 0 Å². The molecule has 2 aliphatic rings. The van der Waals surface area contributed by atoms with Crippen molar-refractivity contribution in [3.8, 4) is 17.1 Å². The van der Waals surface area contributed by atoms with E-state index in [0.29, 0.717) is 29.8 Å². The number of carbonyl (C=O) groups excluding carboxylic acids is 1. The minimum atomic E-state index is -0.116. The maximum atomic E-state index is 12.8. The molecular weight excluding hydrogens is 342 g/mol. The van der Waals surface area contributed by atoms with Crippen molar-refractivity contribution < 1.29 is 14.1 Å². The standard InChI is InChI=1S/C21H27N3O3/c1-26-17-9-7-15(8-10-17)20-18(14-23-27-20)21(25)22-13-16-5-4-12-24-11-3-2-6-19(16)24/h7-10,14,16,19H,2-6,11-13H2,1H3,(H,22,25)/t16-,19+/m0/s1. The van der Waals surface area contributed by atoms with Crippen molar-refractivity contribution in [3.63, 3.8) is 0 Å². The summed E-state index contributed by atoms with van der Waals surface area (Å²) < 4.78 is 10.5. The average molecular weight is 369 g/mol. The fourth-order valence-electron chi connectivity index (χ4n) is 4.49. The van der Waals surface area contributed by atoms with E-state index in [-0.39, 0.29) is 5.91 Å². The number of aromatic nitrogens is 1. The summed E-state index contributed by atoms with van der Waals surface area (Å²) in [6.45, 7) is 3.14. The van der Waals surface area contributed by atoms with Crippen molar-refractivity contribution in [1.29, 1.82) is 0 Å². The molecule has 2 fully saturated rings. The summed E-state index contributed by atoms with van der Waals surface area (Å²) in [6, 6.07) is 8.06.